The lowest BCUT2D eigenvalue weighted by molar-refractivity contribution is 0.185. The molecule has 4 rings (SSSR count). The number of fused-ring (bicyclic) bond motifs is 1. The van der Waals surface area contributed by atoms with E-state index in [1.165, 1.54) is 59.6 Å². The van der Waals surface area contributed by atoms with Gasteiger partial charge in [0.25, 0.3) is 0 Å². The van der Waals surface area contributed by atoms with E-state index in [9.17, 15) is 0 Å². The molecule has 134 valence electrons. The molecule has 1 unspecified atom stereocenters. The zero-order valence-electron chi connectivity index (χ0n) is 15.7. The molecule has 25 heavy (non-hydrogen) atoms. The van der Waals surface area contributed by atoms with Gasteiger partial charge in [-0.05, 0) is 62.4 Å². The number of hydrogen-bond donors (Lipinski definition) is 2. The predicted molar refractivity (Wildman–Crippen MR) is 102 cm³/mol. The van der Waals surface area contributed by atoms with E-state index in [0.717, 1.165) is 25.4 Å². The number of imidazole rings is 1. The van der Waals surface area contributed by atoms with Crippen LogP contribution in [-0.2, 0) is 13.0 Å². The molecule has 0 amide bonds. The Bertz CT molecular complexity index is 740. The van der Waals surface area contributed by atoms with E-state index >= 15 is 0 Å². The number of piperidine rings is 1. The molecule has 0 saturated carbocycles. The summed E-state index contributed by atoms with van der Waals surface area (Å²) in [6.45, 7) is 11.4. The van der Waals surface area contributed by atoms with Gasteiger partial charge in [-0.1, -0.05) is 24.6 Å². The Kier molecular flexibility index (Phi) is 4.65. The number of aryl methyl sites for hydroxylation is 1. The Labute approximate surface area is 151 Å². The molecule has 1 saturated heterocycles. The fourth-order valence-corrected chi connectivity index (χ4v) is 4.36. The van der Waals surface area contributed by atoms with E-state index in [1.54, 1.807) is 0 Å². The topological polar surface area (TPSA) is 44.0 Å². The number of likely N-dealkylation sites (tertiary alicyclic amines) is 1. The highest BCUT2D eigenvalue weighted by Gasteiger charge is 2.26. The number of H-pyrrole nitrogens is 1. The van der Waals surface area contributed by atoms with Crippen molar-refractivity contribution >= 4 is 0 Å². The van der Waals surface area contributed by atoms with E-state index < -0.39 is 0 Å². The van der Waals surface area contributed by atoms with Crippen molar-refractivity contribution in [1.29, 1.82) is 0 Å². The maximum Gasteiger partial charge on any atom is 0.0926 e. The summed E-state index contributed by atoms with van der Waals surface area (Å²) >= 11 is 0. The van der Waals surface area contributed by atoms with Crippen molar-refractivity contribution in [2.24, 2.45) is 5.92 Å². The summed E-state index contributed by atoms with van der Waals surface area (Å²) in [6.07, 6.45) is 5.54. The van der Waals surface area contributed by atoms with Crippen molar-refractivity contribution in [1.82, 2.24) is 20.2 Å². The predicted octanol–water partition coefficient (Wildman–Crippen LogP) is 3.49. The molecular formula is C21H30N4. The van der Waals surface area contributed by atoms with Crippen LogP contribution in [0.1, 0.15) is 59.4 Å². The highest BCUT2D eigenvalue weighted by molar-refractivity contribution is 5.44. The maximum atomic E-state index is 4.61. The summed E-state index contributed by atoms with van der Waals surface area (Å²) in [5.74, 6) is 0.884. The van der Waals surface area contributed by atoms with Crippen molar-refractivity contribution in [3.8, 4) is 0 Å². The maximum absolute atomic E-state index is 4.61. The van der Waals surface area contributed by atoms with Crippen molar-refractivity contribution in [2.45, 2.75) is 52.6 Å². The number of nitrogens with one attached hydrogen (secondary N) is 2. The number of aromatic amines is 1. The minimum atomic E-state index is 0.218. The van der Waals surface area contributed by atoms with Crippen LogP contribution in [0, 0.1) is 19.8 Å². The van der Waals surface area contributed by atoms with Crippen molar-refractivity contribution in [2.75, 3.05) is 19.6 Å². The fourth-order valence-electron chi connectivity index (χ4n) is 4.36. The Morgan fingerprint density at radius 2 is 2.00 bits per heavy atom. The number of nitrogens with zero attached hydrogens (tertiary/aromatic N) is 2. The minimum absolute atomic E-state index is 0.218. The summed E-state index contributed by atoms with van der Waals surface area (Å²) in [4.78, 5) is 10.6. The van der Waals surface area contributed by atoms with Crippen LogP contribution in [0.5, 0.6) is 0 Å². The molecule has 2 aliphatic heterocycles. The van der Waals surface area contributed by atoms with Crippen LogP contribution in [0.4, 0.5) is 0 Å². The SMILES string of the molecule is Cc1cc(CN2CCC(C)CC2)c(C)c(C2NCCc3[nH]cnc32)c1. The van der Waals surface area contributed by atoms with Gasteiger partial charge in [0.05, 0.1) is 18.1 Å². The standard InChI is InChI=1S/C21H30N4/c1-14-5-8-25(9-6-14)12-17-10-15(2)11-18(16(17)3)20-21-19(4-7-22-20)23-13-24-21/h10-11,13-14,20,22H,4-9,12H2,1-3H3,(H,23,24). The number of hydrogen-bond acceptors (Lipinski definition) is 3. The van der Waals surface area contributed by atoms with Gasteiger partial charge in [0.2, 0.25) is 0 Å². The van der Waals surface area contributed by atoms with E-state index in [0.29, 0.717) is 0 Å². The van der Waals surface area contributed by atoms with Crippen LogP contribution in [0.3, 0.4) is 0 Å². The van der Waals surface area contributed by atoms with E-state index in [4.69, 9.17) is 0 Å². The van der Waals surface area contributed by atoms with Crippen LogP contribution in [0.2, 0.25) is 0 Å². The summed E-state index contributed by atoms with van der Waals surface area (Å²) in [5.41, 5.74) is 8.12. The summed E-state index contributed by atoms with van der Waals surface area (Å²) < 4.78 is 0. The van der Waals surface area contributed by atoms with Gasteiger partial charge in [-0.3, -0.25) is 4.90 Å². The molecule has 1 aromatic carbocycles. The van der Waals surface area contributed by atoms with Crippen molar-refractivity contribution in [3.63, 3.8) is 0 Å². The van der Waals surface area contributed by atoms with Crippen LogP contribution in [0.25, 0.3) is 0 Å². The second-order valence-electron chi connectivity index (χ2n) is 8.00. The van der Waals surface area contributed by atoms with Gasteiger partial charge in [0, 0.05) is 25.2 Å². The second-order valence-corrected chi connectivity index (χ2v) is 8.00. The normalized spacial score (nSPS) is 22.1. The highest BCUT2D eigenvalue weighted by Crippen LogP contribution is 2.31. The zero-order valence-corrected chi connectivity index (χ0v) is 15.7. The molecule has 3 heterocycles. The summed E-state index contributed by atoms with van der Waals surface area (Å²) in [6, 6.07) is 4.94. The lowest BCUT2D eigenvalue weighted by Crippen LogP contribution is -2.33. The van der Waals surface area contributed by atoms with Gasteiger partial charge in [-0.15, -0.1) is 0 Å². The molecule has 4 heteroatoms. The van der Waals surface area contributed by atoms with Crippen molar-refractivity contribution in [3.05, 3.63) is 52.1 Å². The average Bonchev–Trinajstić information content (AvgIpc) is 3.08. The van der Waals surface area contributed by atoms with Gasteiger partial charge in [-0.2, -0.15) is 0 Å². The lowest BCUT2D eigenvalue weighted by Gasteiger charge is -2.32. The first kappa shape index (κ1) is 16.8. The molecule has 2 aromatic rings. The van der Waals surface area contributed by atoms with E-state index in [-0.39, 0.29) is 6.04 Å². The average molecular weight is 338 g/mol. The van der Waals surface area contributed by atoms with E-state index in [2.05, 4.69) is 53.1 Å². The van der Waals surface area contributed by atoms with Gasteiger partial charge >= 0.3 is 0 Å². The first-order valence-electron chi connectivity index (χ1n) is 9.69. The van der Waals surface area contributed by atoms with Gasteiger partial charge in [0.1, 0.15) is 0 Å². The third-order valence-electron chi connectivity index (χ3n) is 6.03. The Morgan fingerprint density at radius 1 is 1.20 bits per heavy atom. The van der Waals surface area contributed by atoms with Gasteiger partial charge < -0.3 is 10.3 Å². The van der Waals surface area contributed by atoms with Crippen LogP contribution >= 0.6 is 0 Å². The number of rotatable bonds is 3. The highest BCUT2D eigenvalue weighted by atomic mass is 15.1. The van der Waals surface area contributed by atoms with Gasteiger partial charge in [0.15, 0.2) is 0 Å². The first-order chi connectivity index (χ1) is 12.1. The molecule has 0 radical (unpaired) electrons. The molecule has 2 N–H and O–H groups in total. The summed E-state index contributed by atoms with van der Waals surface area (Å²) in [7, 11) is 0. The Balaban J connectivity index is 1.63. The molecular weight excluding hydrogens is 308 g/mol. The lowest BCUT2D eigenvalue weighted by atomic mass is 9.89. The zero-order chi connectivity index (χ0) is 17.4. The van der Waals surface area contributed by atoms with Crippen LogP contribution in [-0.4, -0.2) is 34.5 Å². The molecule has 1 aromatic heterocycles. The number of aromatic nitrogens is 2. The minimum Gasteiger partial charge on any atom is -0.348 e. The molecule has 2 aliphatic rings. The molecule has 1 fully saturated rings. The third kappa shape index (κ3) is 3.38. The molecule has 0 bridgehead atoms. The quantitative estimate of drug-likeness (QED) is 0.900. The smallest absolute Gasteiger partial charge is 0.0926 e. The molecule has 4 nitrogen and oxygen atoms in total. The van der Waals surface area contributed by atoms with Gasteiger partial charge in [-0.25, -0.2) is 4.98 Å². The largest absolute Gasteiger partial charge is 0.348 e. The first-order valence-corrected chi connectivity index (χ1v) is 9.69. The number of benzene rings is 1. The summed E-state index contributed by atoms with van der Waals surface area (Å²) in [5, 5.41) is 3.69. The molecule has 0 aliphatic carbocycles. The van der Waals surface area contributed by atoms with Crippen molar-refractivity contribution < 1.29 is 0 Å². The third-order valence-corrected chi connectivity index (χ3v) is 6.03. The monoisotopic (exact) mass is 338 g/mol. The molecule has 1 atom stereocenters. The second kappa shape index (κ2) is 6.93. The van der Waals surface area contributed by atoms with Crippen LogP contribution < -0.4 is 5.32 Å². The Hall–Kier alpha value is -1.65. The molecule has 0 spiro atoms. The van der Waals surface area contributed by atoms with E-state index in [1.807, 2.05) is 6.33 Å². The Morgan fingerprint density at radius 3 is 2.80 bits per heavy atom. The fraction of sp³-hybridized carbons (Fsp3) is 0.571. The van der Waals surface area contributed by atoms with Crippen LogP contribution in [0.15, 0.2) is 18.5 Å².